The van der Waals surface area contributed by atoms with Crippen LogP contribution in [0.5, 0.6) is 5.75 Å². The topological polar surface area (TPSA) is 86.7 Å². The number of para-hydroxylation sites is 1. The van der Waals surface area contributed by atoms with Crippen molar-refractivity contribution in [3.8, 4) is 5.75 Å². The summed E-state index contributed by atoms with van der Waals surface area (Å²) in [6.07, 6.45) is 1.32. The van der Waals surface area contributed by atoms with Crippen molar-refractivity contribution < 1.29 is 19.5 Å². The molecular weight excluding hydrogens is 535 g/mol. The standard InChI is InChI=1S/C31H28Cl2N2O4/c1-5-19-8-6-7-17(2)29(19)34-30(38)23-12-13-24(27-20(16-36)9-14-26(37)28(23)27)31(39)35(4)18(3)22-11-10-21(32)15-25(22)33/h6-16,18,37H,5H2,1-4H3,(H,34,38). The molecule has 1 atom stereocenters. The summed E-state index contributed by atoms with van der Waals surface area (Å²) in [5.74, 6) is -1.09. The first-order valence-corrected chi connectivity index (χ1v) is 13.2. The summed E-state index contributed by atoms with van der Waals surface area (Å²) < 4.78 is 0. The maximum absolute atomic E-state index is 13.8. The van der Waals surface area contributed by atoms with Gasteiger partial charge in [0, 0.05) is 44.7 Å². The molecule has 4 aromatic rings. The van der Waals surface area contributed by atoms with Crippen molar-refractivity contribution in [2.75, 3.05) is 12.4 Å². The lowest BCUT2D eigenvalue weighted by atomic mass is 9.93. The highest BCUT2D eigenvalue weighted by atomic mass is 35.5. The number of amides is 2. The third-order valence-electron chi connectivity index (χ3n) is 7.07. The third kappa shape index (κ3) is 5.35. The second-order valence-electron chi connectivity index (χ2n) is 9.38. The fourth-order valence-corrected chi connectivity index (χ4v) is 5.33. The highest BCUT2D eigenvalue weighted by Crippen LogP contribution is 2.36. The molecule has 4 rings (SSSR count). The van der Waals surface area contributed by atoms with Crippen molar-refractivity contribution >= 4 is 57.8 Å². The van der Waals surface area contributed by atoms with Gasteiger partial charge in [0.15, 0.2) is 6.29 Å². The summed E-state index contributed by atoms with van der Waals surface area (Å²) in [7, 11) is 1.62. The van der Waals surface area contributed by atoms with Gasteiger partial charge in [0.25, 0.3) is 11.8 Å². The summed E-state index contributed by atoms with van der Waals surface area (Å²) in [5.41, 5.74) is 3.74. The fraction of sp³-hybridized carbons (Fsp3) is 0.194. The minimum Gasteiger partial charge on any atom is -0.507 e. The second-order valence-corrected chi connectivity index (χ2v) is 10.2. The molecule has 0 saturated carbocycles. The van der Waals surface area contributed by atoms with Crippen LogP contribution in [0.3, 0.4) is 0 Å². The van der Waals surface area contributed by atoms with E-state index >= 15 is 0 Å². The maximum Gasteiger partial charge on any atom is 0.256 e. The molecule has 0 aromatic heterocycles. The van der Waals surface area contributed by atoms with Crippen LogP contribution in [0.2, 0.25) is 10.0 Å². The zero-order valence-corrected chi connectivity index (χ0v) is 23.5. The van der Waals surface area contributed by atoms with E-state index in [1.165, 1.54) is 29.2 Å². The molecule has 4 aromatic carbocycles. The number of halogens is 2. The van der Waals surface area contributed by atoms with Gasteiger partial charge in [-0.25, -0.2) is 0 Å². The van der Waals surface area contributed by atoms with Gasteiger partial charge in [0.1, 0.15) is 5.75 Å². The van der Waals surface area contributed by atoms with Crippen LogP contribution in [0.15, 0.2) is 60.7 Å². The van der Waals surface area contributed by atoms with E-state index in [0.29, 0.717) is 34.0 Å². The Morgan fingerprint density at radius 2 is 1.74 bits per heavy atom. The van der Waals surface area contributed by atoms with Gasteiger partial charge < -0.3 is 15.3 Å². The molecule has 2 amide bonds. The lowest BCUT2D eigenvalue weighted by Crippen LogP contribution is -2.30. The average molecular weight is 563 g/mol. The molecule has 0 aliphatic heterocycles. The summed E-state index contributed by atoms with van der Waals surface area (Å²) in [4.78, 5) is 40.9. The summed E-state index contributed by atoms with van der Waals surface area (Å²) in [5, 5.41) is 15.1. The molecule has 8 heteroatoms. The van der Waals surface area contributed by atoms with Crippen LogP contribution < -0.4 is 5.32 Å². The van der Waals surface area contributed by atoms with Gasteiger partial charge in [0.05, 0.1) is 11.6 Å². The lowest BCUT2D eigenvalue weighted by Gasteiger charge is -2.27. The number of rotatable bonds is 7. The van der Waals surface area contributed by atoms with Crippen molar-refractivity contribution in [3.63, 3.8) is 0 Å². The first-order valence-electron chi connectivity index (χ1n) is 12.4. The van der Waals surface area contributed by atoms with Crippen LogP contribution in [-0.4, -0.2) is 35.2 Å². The predicted molar refractivity (Wildman–Crippen MR) is 156 cm³/mol. The number of benzene rings is 4. The van der Waals surface area contributed by atoms with Crippen LogP contribution in [0.25, 0.3) is 10.8 Å². The normalized spacial score (nSPS) is 11.7. The smallest absolute Gasteiger partial charge is 0.256 e. The number of hydrogen-bond donors (Lipinski definition) is 2. The Balaban J connectivity index is 1.82. The molecule has 0 spiro atoms. The molecule has 1 unspecified atom stereocenters. The largest absolute Gasteiger partial charge is 0.507 e. The van der Waals surface area contributed by atoms with Crippen LogP contribution in [-0.2, 0) is 6.42 Å². The molecule has 0 bridgehead atoms. The molecule has 0 fully saturated rings. The van der Waals surface area contributed by atoms with Gasteiger partial charge in [-0.1, -0.05) is 54.4 Å². The van der Waals surface area contributed by atoms with Crippen molar-refractivity contribution in [2.45, 2.75) is 33.2 Å². The molecule has 2 N–H and O–H groups in total. The van der Waals surface area contributed by atoms with Crippen LogP contribution >= 0.6 is 23.2 Å². The molecule has 0 saturated heterocycles. The number of nitrogens with zero attached hydrogens (tertiary/aromatic N) is 1. The van der Waals surface area contributed by atoms with E-state index in [1.807, 2.05) is 39.0 Å². The number of anilines is 1. The Labute approximate surface area is 237 Å². The Morgan fingerprint density at radius 3 is 2.41 bits per heavy atom. The molecule has 0 radical (unpaired) electrons. The van der Waals surface area contributed by atoms with Gasteiger partial charge in [-0.05, 0) is 73.4 Å². The third-order valence-corrected chi connectivity index (χ3v) is 7.63. The van der Waals surface area contributed by atoms with Crippen LogP contribution in [0.4, 0.5) is 5.69 Å². The van der Waals surface area contributed by atoms with Crippen molar-refractivity contribution in [1.29, 1.82) is 0 Å². The number of aryl methyl sites for hydroxylation is 2. The molecular formula is C31H28Cl2N2O4. The van der Waals surface area contributed by atoms with Crippen molar-refractivity contribution in [1.82, 2.24) is 4.90 Å². The van der Waals surface area contributed by atoms with Gasteiger partial charge in [-0.15, -0.1) is 0 Å². The average Bonchev–Trinajstić information content (AvgIpc) is 2.92. The van der Waals surface area contributed by atoms with Crippen LogP contribution in [0, 0.1) is 6.92 Å². The first kappa shape index (κ1) is 28.1. The van der Waals surface area contributed by atoms with Crippen molar-refractivity contribution in [2.24, 2.45) is 0 Å². The highest BCUT2D eigenvalue weighted by Gasteiger charge is 2.26. The molecule has 0 aliphatic rings. The number of hydrogen-bond acceptors (Lipinski definition) is 4. The number of nitrogens with one attached hydrogen (secondary N) is 1. The predicted octanol–water partition coefficient (Wildman–Crippen LogP) is 7.62. The van der Waals surface area contributed by atoms with E-state index in [9.17, 15) is 19.5 Å². The van der Waals surface area contributed by atoms with E-state index < -0.39 is 17.9 Å². The molecule has 200 valence electrons. The Morgan fingerprint density at radius 1 is 1.03 bits per heavy atom. The lowest BCUT2D eigenvalue weighted by molar-refractivity contribution is 0.0744. The minimum absolute atomic E-state index is 0.125. The van der Waals surface area contributed by atoms with Crippen molar-refractivity contribution in [3.05, 3.63) is 104 Å². The number of phenols is 1. The van der Waals surface area contributed by atoms with E-state index in [2.05, 4.69) is 5.32 Å². The highest BCUT2D eigenvalue weighted by molar-refractivity contribution is 6.35. The van der Waals surface area contributed by atoms with Gasteiger partial charge in [-0.2, -0.15) is 0 Å². The summed E-state index contributed by atoms with van der Waals surface area (Å²) in [6.45, 7) is 5.72. The van der Waals surface area contributed by atoms with E-state index in [1.54, 1.807) is 25.2 Å². The van der Waals surface area contributed by atoms with Crippen LogP contribution in [0.1, 0.15) is 67.7 Å². The van der Waals surface area contributed by atoms with E-state index in [-0.39, 0.29) is 33.2 Å². The number of fused-ring (bicyclic) bond motifs is 1. The number of carbonyl (C=O) groups excluding carboxylic acids is 3. The number of phenolic OH excluding ortho intramolecular Hbond substituents is 1. The Kier molecular flexibility index (Phi) is 8.28. The number of carbonyl (C=O) groups is 3. The number of aldehydes is 1. The summed E-state index contributed by atoms with van der Waals surface area (Å²) >= 11 is 12.4. The zero-order chi connectivity index (χ0) is 28.4. The number of aromatic hydroxyl groups is 1. The van der Waals surface area contributed by atoms with E-state index in [0.717, 1.165) is 11.1 Å². The molecule has 0 aliphatic carbocycles. The molecule has 6 nitrogen and oxygen atoms in total. The van der Waals surface area contributed by atoms with E-state index in [4.69, 9.17) is 23.2 Å². The fourth-order valence-electron chi connectivity index (χ4n) is 4.77. The Bertz CT molecular complexity index is 1620. The minimum atomic E-state index is -0.462. The molecule has 39 heavy (non-hydrogen) atoms. The molecule has 0 heterocycles. The second kappa shape index (κ2) is 11.5. The monoisotopic (exact) mass is 562 g/mol. The SMILES string of the molecule is CCc1cccc(C)c1NC(=O)c1ccc(C(=O)N(C)C(C)c2ccc(Cl)cc2Cl)c2c(C=O)ccc(O)c12. The quantitative estimate of drug-likeness (QED) is 0.227. The zero-order valence-electron chi connectivity index (χ0n) is 22.0. The first-order chi connectivity index (χ1) is 18.6. The maximum atomic E-state index is 13.8. The Hall–Kier alpha value is -3.87. The van der Waals surface area contributed by atoms with Gasteiger partial charge in [0.2, 0.25) is 0 Å². The van der Waals surface area contributed by atoms with Gasteiger partial charge in [-0.3, -0.25) is 14.4 Å². The van der Waals surface area contributed by atoms with Gasteiger partial charge >= 0.3 is 0 Å². The summed E-state index contributed by atoms with van der Waals surface area (Å²) in [6, 6.07) is 16.2.